The summed E-state index contributed by atoms with van der Waals surface area (Å²) in [4.78, 5) is 28.0. The van der Waals surface area contributed by atoms with E-state index in [4.69, 9.17) is 11.6 Å². The molecular weight excluding hydrogens is 510 g/mol. The van der Waals surface area contributed by atoms with Crippen LogP contribution < -0.4 is 9.62 Å². The molecular formula is C28H32ClN3O4S. The van der Waals surface area contributed by atoms with Gasteiger partial charge < -0.3 is 10.2 Å². The van der Waals surface area contributed by atoms with Crippen LogP contribution in [0.5, 0.6) is 0 Å². The molecule has 0 radical (unpaired) electrons. The molecule has 1 unspecified atom stereocenters. The van der Waals surface area contributed by atoms with E-state index in [2.05, 4.69) is 5.32 Å². The van der Waals surface area contributed by atoms with Crippen molar-refractivity contribution in [3.63, 3.8) is 0 Å². The first-order valence-corrected chi connectivity index (χ1v) is 13.9. The molecule has 0 saturated heterocycles. The molecule has 0 fully saturated rings. The first kappa shape index (κ1) is 28.2. The molecule has 0 aliphatic heterocycles. The van der Waals surface area contributed by atoms with Crippen LogP contribution in [0.4, 0.5) is 5.69 Å². The number of nitrogens with zero attached hydrogens (tertiary/aromatic N) is 2. The van der Waals surface area contributed by atoms with Gasteiger partial charge in [-0.2, -0.15) is 0 Å². The number of hydrogen-bond donors (Lipinski definition) is 1. The molecule has 2 amide bonds. The van der Waals surface area contributed by atoms with E-state index in [1.165, 1.54) is 17.0 Å². The molecule has 0 aromatic heterocycles. The Labute approximate surface area is 224 Å². The molecule has 1 atom stereocenters. The van der Waals surface area contributed by atoms with E-state index in [0.29, 0.717) is 29.2 Å². The molecule has 7 nitrogen and oxygen atoms in total. The Morgan fingerprint density at radius 3 is 2.19 bits per heavy atom. The van der Waals surface area contributed by atoms with Crippen molar-refractivity contribution >= 4 is 39.1 Å². The molecule has 0 aliphatic rings. The van der Waals surface area contributed by atoms with Gasteiger partial charge in [-0.15, -0.1) is 0 Å². The average molecular weight is 542 g/mol. The van der Waals surface area contributed by atoms with Gasteiger partial charge in [0.1, 0.15) is 12.6 Å². The normalized spacial score (nSPS) is 12.0. The number of rotatable bonds is 11. The lowest BCUT2D eigenvalue weighted by molar-refractivity contribution is -0.138. The first-order chi connectivity index (χ1) is 17.6. The van der Waals surface area contributed by atoms with Gasteiger partial charge in [-0.25, -0.2) is 8.42 Å². The third kappa shape index (κ3) is 7.11. The smallest absolute Gasteiger partial charge is 0.264 e. The zero-order chi connectivity index (χ0) is 27.0. The van der Waals surface area contributed by atoms with Gasteiger partial charge >= 0.3 is 0 Å². The number of benzene rings is 3. The van der Waals surface area contributed by atoms with Crippen LogP contribution in [0.1, 0.15) is 25.0 Å². The van der Waals surface area contributed by atoms with Crippen molar-refractivity contribution in [1.29, 1.82) is 0 Å². The maximum absolute atomic E-state index is 13.8. The second-order valence-electron chi connectivity index (χ2n) is 8.65. The zero-order valence-corrected chi connectivity index (χ0v) is 22.8. The Kier molecular flexibility index (Phi) is 9.72. The minimum Gasteiger partial charge on any atom is -0.355 e. The van der Waals surface area contributed by atoms with E-state index in [0.717, 1.165) is 9.87 Å². The Hall–Kier alpha value is -3.36. The van der Waals surface area contributed by atoms with Crippen LogP contribution >= 0.6 is 11.6 Å². The summed E-state index contributed by atoms with van der Waals surface area (Å²) in [6, 6.07) is 21.6. The van der Waals surface area contributed by atoms with E-state index in [1.54, 1.807) is 57.2 Å². The topological polar surface area (TPSA) is 86.8 Å². The Morgan fingerprint density at radius 1 is 0.973 bits per heavy atom. The van der Waals surface area contributed by atoms with Crippen LogP contribution in [0.25, 0.3) is 0 Å². The highest BCUT2D eigenvalue weighted by Gasteiger charge is 2.32. The maximum atomic E-state index is 13.8. The molecule has 0 heterocycles. The van der Waals surface area contributed by atoms with Gasteiger partial charge in [0.05, 0.1) is 10.6 Å². The van der Waals surface area contributed by atoms with Crippen molar-refractivity contribution in [2.24, 2.45) is 0 Å². The summed E-state index contributed by atoms with van der Waals surface area (Å²) >= 11 is 6.13. The average Bonchev–Trinajstić information content (AvgIpc) is 2.89. The number of nitrogens with one attached hydrogen (secondary N) is 1. The highest BCUT2D eigenvalue weighted by Crippen LogP contribution is 2.29. The SMILES string of the molecule is CCNC(=O)C(C)N(CCc1ccccc1)C(=O)CN(c1ccc(Cl)cc1C)S(=O)(=O)c1ccccc1. The Morgan fingerprint density at radius 2 is 1.59 bits per heavy atom. The Balaban J connectivity index is 1.99. The summed E-state index contributed by atoms with van der Waals surface area (Å²) < 4.78 is 28.6. The lowest BCUT2D eigenvalue weighted by atomic mass is 10.1. The standard InChI is InChI=1S/C28H32ClN3O4S/c1-4-30-28(34)22(3)31(18-17-23-11-7-5-8-12-23)27(33)20-32(26-16-15-24(29)19-21(26)2)37(35,36)25-13-9-6-10-14-25/h5-16,19,22H,4,17-18,20H2,1-3H3,(H,30,34). The van der Waals surface area contributed by atoms with E-state index in [9.17, 15) is 18.0 Å². The minimum atomic E-state index is -4.10. The van der Waals surface area contributed by atoms with Crippen LogP contribution in [0.15, 0.2) is 83.8 Å². The summed E-state index contributed by atoms with van der Waals surface area (Å²) in [6.45, 7) is 5.39. The Bertz CT molecular complexity index is 1320. The summed E-state index contributed by atoms with van der Waals surface area (Å²) in [5, 5.41) is 3.21. The fourth-order valence-corrected chi connectivity index (χ4v) is 5.75. The van der Waals surface area contributed by atoms with Gasteiger partial charge in [-0.05, 0) is 68.7 Å². The molecule has 0 bridgehead atoms. The largest absolute Gasteiger partial charge is 0.355 e. The lowest BCUT2D eigenvalue weighted by Gasteiger charge is -2.32. The summed E-state index contributed by atoms with van der Waals surface area (Å²) in [7, 11) is -4.10. The van der Waals surface area contributed by atoms with Gasteiger partial charge in [-0.3, -0.25) is 13.9 Å². The molecule has 3 aromatic carbocycles. The number of carbonyl (C=O) groups excluding carboxylic acids is 2. The van der Waals surface area contributed by atoms with Crippen molar-refractivity contribution < 1.29 is 18.0 Å². The molecule has 3 aromatic rings. The van der Waals surface area contributed by atoms with Crippen LogP contribution in [0.2, 0.25) is 5.02 Å². The number of halogens is 1. The van der Waals surface area contributed by atoms with E-state index < -0.39 is 28.5 Å². The molecule has 0 spiro atoms. The third-order valence-electron chi connectivity index (χ3n) is 6.04. The van der Waals surface area contributed by atoms with Crippen molar-refractivity contribution in [3.8, 4) is 0 Å². The summed E-state index contributed by atoms with van der Waals surface area (Å²) in [5.74, 6) is -0.785. The van der Waals surface area contributed by atoms with E-state index in [1.807, 2.05) is 30.3 Å². The fraction of sp³-hybridized carbons (Fsp3) is 0.286. The maximum Gasteiger partial charge on any atom is 0.264 e. The van der Waals surface area contributed by atoms with Crippen LogP contribution in [-0.2, 0) is 26.0 Å². The first-order valence-electron chi connectivity index (χ1n) is 12.1. The van der Waals surface area contributed by atoms with E-state index >= 15 is 0 Å². The second kappa shape index (κ2) is 12.7. The van der Waals surface area contributed by atoms with Crippen molar-refractivity contribution in [3.05, 3.63) is 95.0 Å². The number of amides is 2. The molecule has 37 heavy (non-hydrogen) atoms. The number of carbonyl (C=O) groups is 2. The van der Waals surface area contributed by atoms with Crippen molar-refractivity contribution in [2.45, 2.75) is 38.1 Å². The zero-order valence-electron chi connectivity index (χ0n) is 21.2. The minimum absolute atomic E-state index is 0.0600. The number of anilines is 1. The lowest BCUT2D eigenvalue weighted by Crippen LogP contribution is -2.52. The number of aryl methyl sites for hydroxylation is 1. The predicted octanol–water partition coefficient (Wildman–Crippen LogP) is 4.44. The van der Waals surface area contributed by atoms with Gasteiger partial charge in [0.25, 0.3) is 10.0 Å². The number of likely N-dealkylation sites (N-methyl/N-ethyl adjacent to an activating group) is 1. The van der Waals surface area contributed by atoms with Gasteiger partial charge in [0.2, 0.25) is 11.8 Å². The fourth-order valence-electron chi connectivity index (χ4n) is 4.02. The molecule has 196 valence electrons. The van der Waals surface area contributed by atoms with Crippen molar-refractivity contribution in [2.75, 3.05) is 23.9 Å². The van der Waals surface area contributed by atoms with Gasteiger partial charge in [0, 0.05) is 18.1 Å². The van der Waals surface area contributed by atoms with E-state index in [-0.39, 0.29) is 17.3 Å². The predicted molar refractivity (Wildman–Crippen MR) is 147 cm³/mol. The molecule has 1 N–H and O–H groups in total. The number of hydrogen-bond acceptors (Lipinski definition) is 4. The summed E-state index contributed by atoms with van der Waals surface area (Å²) in [6.07, 6.45) is 0.516. The van der Waals surface area contributed by atoms with Crippen LogP contribution in [0.3, 0.4) is 0 Å². The third-order valence-corrected chi connectivity index (χ3v) is 8.05. The van der Waals surface area contributed by atoms with Gasteiger partial charge in [0.15, 0.2) is 0 Å². The quantitative estimate of drug-likeness (QED) is 0.389. The molecule has 0 saturated carbocycles. The molecule has 3 rings (SSSR count). The van der Waals surface area contributed by atoms with Crippen LogP contribution in [-0.4, -0.2) is 50.8 Å². The van der Waals surface area contributed by atoms with Crippen molar-refractivity contribution in [1.82, 2.24) is 10.2 Å². The highest BCUT2D eigenvalue weighted by molar-refractivity contribution is 7.92. The molecule has 0 aliphatic carbocycles. The summed E-state index contributed by atoms with van der Waals surface area (Å²) in [5.41, 5.74) is 1.95. The molecule has 9 heteroatoms. The monoisotopic (exact) mass is 541 g/mol. The highest BCUT2D eigenvalue weighted by atomic mass is 35.5. The van der Waals surface area contributed by atoms with Crippen LogP contribution in [0, 0.1) is 6.92 Å². The number of sulfonamides is 1. The second-order valence-corrected chi connectivity index (χ2v) is 10.9. The van der Waals surface area contributed by atoms with Gasteiger partial charge in [-0.1, -0.05) is 60.1 Å².